The minimum absolute atomic E-state index is 0.0862. The van der Waals surface area contributed by atoms with Crippen molar-refractivity contribution in [2.75, 3.05) is 18.4 Å². The number of nitrogens with zero attached hydrogens (tertiary/aromatic N) is 1. The summed E-state index contributed by atoms with van der Waals surface area (Å²) in [6, 6.07) is 0.0862. The Balaban J connectivity index is 1.67. The summed E-state index contributed by atoms with van der Waals surface area (Å²) in [6.07, 6.45) is 6.15. The van der Waals surface area contributed by atoms with Gasteiger partial charge in [0.1, 0.15) is 0 Å². The number of thiophene rings is 1. The third kappa shape index (κ3) is 3.07. The van der Waals surface area contributed by atoms with Gasteiger partial charge in [-0.15, -0.1) is 11.3 Å². The van der Waals surface area contributed by atoms with E-state index in [1.54, 1.807) is 11.3 Å². The van der Waals surface area contributed by atoms with E-state index < -0.39 is 0 Å². The highest BCUT2D eigenvalue weighted by molar-refractivity contribution is 7.10. The van der Waals surface area contributed by atoms with E-state index in [4.69, 9.17) is 0 Å². The van der Waals surface area contributed by atoms with E-state index in [2.05, 4.69) is 29.4 Å². The molecule has 1 aliphatic carbocycles. The molecule has 0 spiro atoms. The minimum Gasteiger partial charge on any atom is -0.323 e. The topological polar surface area (TPSA) is 32.3 Å². The Labute approximate surface area is 125 Å². The minimum atomic E-state index is 0.0862. The smallest absolute Gasteiger partial charge is 0.241 e. The predicted molar refractivity (Wildman–Crippen MR) is 84.4 cm³/mol. The highest BCUT2D eigenvalue weighted by atomic mass is 32.1. The van der Waals surface area contributed by atoms with Gasteiger partial charge >= 0.3 is 0 Å². The van der Waals surface area contributed by atoms with Gasteiger partial charge in [-0.1, -0.05) is 6.42 Å². The second-order valence-electron chi connectivity index (χ2n) is 6.29. The van der Waals surface area contributed by atoms with Gasteiger partial charge in [0, 0.05) is 11.4 Å². The number of carbonyl (C=O) groups excluding carboxylic acids is 1. The van der Waals surface area contributed by atoms with Gasteiger partial charge < -0.3 is 5.32 Å². The molecular formula is C16H24N2OS. The van der Waals surface area contributed by atoms with Crippen LogP contribution in [0.2, 0.25) is 0 Å². The van der Waals surface area contributed by atoms with Crippen LogP contribution in [0.5, 0.6) is 0 Å². The molecule has 4 heteroatoms. The number of likely N-dealkylation sites (tertiary alicyclic amines) is 1. The van der Waals surface area contributed by atoms with E-state index in [1.807, 2.05) is 0 Å². The molecule has 0 aromatic carbocycles. The van der Waals surface area contributed by atoms with Crippen molar-refractivity contribution in [2.24, 2.45) is 5.92 Å². The SMILES string of the molecule is Cc1csc(C)c1NC(=O)C1CCCCN1CC1CC1. The number of hydrogen-bond donors (Lipinski definition) is 1. The number of anilines is 1. The molecule has 1 aromatic heterocycles. The van der Waals surface area contributed by atoms with Crippen LogP contribution in [-0.4, -0.2) is 29.9 Å². The Morgan fingerprint density at radius 1 is 1.35 bits per heavy atom. The second kappa shape index (κ2) is 5.86. The second-order valence-corrected chi connectivity index (χ2v) is 7.37. The standard InChI is InChI=1S/C16H24N2OS/c1-11-10-20-12(2)15(11)17-16(19)14-5-3-4-8-18(14)9-13-6-7-13/h10,13-14H,3-9H2,1-2H3,(H,17,19). The molecule has 1 atom stereocenters. The molecule has 3 nitrogen and oxygen atoms in total. The summed E-state index contributed by atoms with van der Waals surface area (Å²) in [6.45, 7) is 6.37. The summed E-state index contributed by atoms with van der Waals surface area (Å²) in [5.74, 6) is 1.06. The molecule has 1 aliphatic heterocycles. The molecule has 2 aliphatic rings. The lowest BCUT2D eigenvalue weighted by Gasteiger charge is -2.34. The summed E-state index contributed by atoms with van der Waals surface area (Å²) in [5, 5.41) is 5.30. The molecule has 1 unspecified atom stereocenters. The molecule has 0 radical (unpaired) electrons. The number of nitrogens with one attached hydrogen (secondary N) is 1. The van der Waals surface area contributed by atoms with Gasteiger partial charge in [-0.3, -0.25) is 9.69 Å². The van der Waals surface area contributed by atoms with Crippen molar-refractivity contribution in [3.8, 4) is 0 Å². The van der Waals surface area contributed by atoms with Crippen molar-refractivity contribution < 1.29 is 4.79 Å². The quantitative estimate of drug-likeness (QED) is 0.920. The van der Waals surface area contributed by atoms with Gasteiger partial charge in [0.25, 0.3) is 0 Å². The number of piperidine rings is 1. The van der Waals surface area contributed by atoms with Crippen molar-refractivity contribution in [1.82, 2.24) is 4.90 Å². The van der Waals surface area contributed by atoms with Gasteiger partial charge in [0.2, 0.25) is 5.91 Å². The zero-order valence-electron chi connectivity index (χ0n) is 12.4. The van der Waals surface area contributed by atoms with Crippen LogP contribution in [0.15, 0.2) is 5.38 Å². The molecule has 1 aromatic rings. The Bertz CT molecular complexity index is 473. The zero-order chi connectivity index (χ0) is 14.1. The largest absolute Gasteiger partial charge is 0.323 e. The van der Waals surface area contributed by atoms with Gasteiger partial charge in [-0.05, 0) is 62.9 Å². The molecule has 3 rings (SSSR count). The first kappa shape index (κ1) is 14.1. The Hall–Kier alpha value is -0.870. The first-order chi connectivity index (χ1) is 9.65. The van der Waals surface area contributed by atoms with Crippen molar-refractivity contribution >= 4 is 22.9 Å². The maximum absolute atomic E-state index is 12.6. The lowest BCUT2D eigenvalue weighted by Crippen LogP contribution is -2.47. The van der Waals surface area contributed by atoms with Crippen molar-refractivity contribution in [1.29, 1.82) is 0 Å². The summed E-state index contributed by atoms with van der Waals surface area (Å²) < 4.78 is 0. The van der Waals surface area contributed by atoms with Gasteiger partial charge in [0.05, 0.1) is 11.7 Å². The third-order valence-electron chi connectivity index (χ3n) is 4.51. The van der Waals surface area contributed by atoms with E-state index in [0.717, 1.165) is 31.1 Å². The average Bonchev–Trinajstić information content (AvgIpc) is 3.20. The summed E-state index contributed by atoms with van der Waals surface area (Å²) >= 11 is 1.71. The molecule has 1 saturated carbocycles. The first-order valence-corrected chi connectivity index (χ1v) is 8.62. The maximum atomic E-state index is 12.6. The van der Waals surface area contributed by atoms with E-state index in [9.17, 15) is 4.79 Å². The van der Waals surface area contributed by atoms with Crippen LogP contribution in [0.25, 0.3) is 0 Å². The molecular weight excluding hydrogens is 268 g/mol. The van der Waals surface area contributed by atoms with Crippen LogP contribution in [0.1, 0.15) is 42.5 Å². The maximum Gasteiger partial charge on any atom is 0.241 e. The summed E-state index contributed by atoms with van der Waals surface area (Å²) in [7, 11) is 0. The molecule has 2 heterocycles. The average molecular weight is 292 g/mol. The molecule has 0 bridgehead atoms. The molecule has 1 N–H and O–H groups in total. The first-order valence-electron chi connectivity index (χ1n) is 7.74. The number of aryl methyl sites for hydroxylation is 2. The third-order valence-corrected chi connectivity index (χ3v) is 5.54. The molecule has 1 amide bonds. The van der Waals surface area contributed by atoms with E-state index in [-0.39, 0.29) is 11.9 Å². The van der Waals surface area contributed by atoms with Crippen LogP contribution < -0.4 is 5.32 Å². The van der Waals surface area contributed by atoms with Crippen molar-refractivity contribution in [3.63, 3.8) is 0 Å². The molecule has 1 saturated heterocycles. The van der Waals surface area contributed by atoms with E-state index in [1.165, 1.54) is 36.1 Å². The fourth-order valence-corrected chi connectivity index (χ4v) is 3.91. The van der Waals surface area contributed by atoms with Crippen LogP contribution in [-0.2, 0) is 4.79 Å². The summed E-state index contributed by atoms with van der Waals surface area (Å²) in [4.78, 5) is 16.3. The fraction of sp³-hybridized carbons (Fsp3) is 0.688. The van der Waals surface area contributed by atoms with Crippen molar-refractivity contribution in [3.05, 3.63) is 15.8 Å². The van der Waals surface area contributed by atoms with Gasteiger partial charge in [0.15, 0.2) is 0 Å². The van der Waals surface area contributed by atoms with Crippen LogP contribution in [0.4, 0.5) is 5.69 Å². The monoisotopic (exact) mass is 292 g/mol. The zero-order valence-corrected chi connectivity index (χ0v) is 13.3. The Kier molecular flexibility index (Phi) is 4.13. The van der Waals surface area contributed by atoms with Crippen LogP contribution >= 0.6 is 11.3 Å². The Morgan fingerprint density at radius 3 is 2.80 bits per heavy atom. The van der Waals surface area contributed by atoms with Crippen molar-refractivity contribution in [2.45, 2.75) is 52.0 Å². The van der Waals surface area contributed by atoms with E-state index >= 15 is 0 Å². The lowest BCUT2D eigenvalue weighted by atomic mass is 10.0. The number of hydrogen-bond acceptors (Lipinski definition) is 3. The highest BCUT2D eigenvalue weighted by Gasteiger charge is 2.33. The number of carbonyl (C=O) groups is 1. The molecule has 2 fully saturated rings. The van der Waals surface area contributed by atoms with E-state index in [0.29, 0.717) is 0 Å². The van der Waals surface area contributed by atoms with Gasteiger partial charge in [-0.25, -0.2) is 0 Å². The summed E-state index contributed by atoms with van der Waals surface area (Å²) in [5.41, 5.74) is 2.22. The number of amides is 1. The molecule has 110 valence electrons. The fourth-order valence-electron chi connectivity index (χ4n) is 3.10. The Morgan fingerprint density at radius 2 is 2.15 bits per heavy atom. The van der Waals surface area contributed by atoms with Crippen LogP contribution in [0.3, 0.4) is 0 Å². The normalized spacial score (nSPS) is 23.8. The lowest BCUT2D eigenvalue weighted by molar-refractivity contribution is -0.122. The molecule has 20 heavy (non-hydrogen) atoms. The number of rotatable bonds is 4. The highest BCUT2D eigenvalue weighted by Crippen LogP contribution is 2.33. The van der Waals surface area contributed by atoms with Crippen LogP contribution in [0, 0.1) is 19.8 Å². The predicted octanol–water partition coefficient (Wildman–Crippen LogP) is 3.57. The van der Waals surface area contributed by atoms with Gasteiger partial charge in [-0.2, -0.15) is 0 Å².